The van der Waals surface area contributed by atoms with E-state index in [1.165, 1.54) is 0 Å². The molecule has 2 bridgehead atoms. The molecule has 0 aromatic carbocycles. The monoisotopic (exact) mass is 542 g/mol. The van der Waals surface area contributed by atoms with Crippen molar-refractivity contribution < 1.29 is 41.0 Å². The topological polar surface area (TPSA) is 90.4 Å². The van der Waals surface area contributed by atoms with Gasteiger partial charge >= 0.3 is 18.3 Å². The minimum absolute atomic E-state index is 0.0106. The van der Waals surface area contributed by atoms with Gasteiger partial charge in [0.1, 0.15) is 5.66 Å². The second-order valence-electron chi connectivity index (χ2n) is 8.95. The van der Waals surface area contributed by atoms with Gasteiger partial charge in [-0.1, -0.05) is 22.6 Å². The molecule has 29 heavy (non-hydrogen) atoms. The lowest BCUT2D eigenvalue weighted by Gasteiger charge is -2.38. The minimum Gasteiger partial charge on any atom is -0.464 e. The van der Waals surface area contributed by atoms with Gasteiger partial charge in [0, 0.05) is 0 Å². The summed E-state index contributed by atoms with van der Waals surface area (Å²) in [4.78, 5) is 12.5. The number of carbonyl (C=O) groups excluding carboxylic acids is 1. The van der Waals surface area contributed by atoms with Crippen molar-refractivity contribution in [3.63, 3.8) is 0 Å². The summed E-state index contributed by atoms with van der Waals surface area (Å²) in [5.41, 5.74) is -5.20. The Kier molecular flexibility index (Phi) is 4.79. The van der Waals surface area contributed by atoms with Crippen LogP contribution < -0.4 is 10.6 Å². The molecule has 0 radical (unpaired) electrons. The molecule has 5 nitrogen and oxygen atoms in total. The molecule has 5 unspecified atom stereocenters. The zero-order valence-corrected chi connectivity index (χ0v) is 17.5. The van der Waals surface area contributed by atoms with Crippen molar-refractivity contribution >= 4 is 28.6 Å². The molecule has 2 aliphatic carbocycles. The first kappa shape index (κ1) is 21.9. The Bertz CT molecular complexity index is 692. The highest BCUT2D eigenvalue weighted by atomic mass is 127. The van der Waals surface area contributed by atoms with Crippen LogP contribution in [-0.4, -0.2) is 50.9 Å². The molecule has 2 aliphatic heterocycles. The number of hydrogen-bond acceptors (Lipinski definition) is 5. The van der Waals surface area contributed by atoms with Crippen LogP contribution in [0.1, 0.15) is 32.6 Å². The van der Waals surface area contributed by atoms with E-state index in [1.807, 2.05) is 22.6 Å². The maximum absolute atomic E-state index is 13.0. The predicted molar refractivity (Wildman–Crippen MR) is 95.7 cm³/mol. The fourth-order valence-corrected chi connectivity index (χ4v) is 6.02. The number of alkyl halides is 7. The highest BCUT2D eigenvalue weighted by Crippen LogP contribution is 2.58. The Morgan fingerprint density at radius 2 is 1.62 bits per heavy atom. The first-order valence-electron chi connectivity index (χ1n) is 9.40. The maximum atomic E-state index is 13.0. The normalized spacial score (nSPS) is 40.4. The number of hydrogen-bond donors (Lipinski definition) is 3. The molecule has 0 aromatic heterocycles. The van der Waals surface area contributed by atoms with Crippen LogP contribution in [0.25, 0.3) is 0 Å². The summed E-state index contributed by atoms with van der Waals surface area (Å²) >= 11 is 1.98. The standard InChI is InChI=1S/C17H21F6IN2O3/c1-13(24,15-11(25-15)26-15)12(27)29-6-9-3-7-2-8(10(9)4-7)5-14(28,16(18,19)20)17(21,22)23/h7-11,25-26,28H,2-6H2,1H3. The van der Waals surface area contributed by atoms with Crippen molar-refractivity contribution in [1.29, 1.82) is 0 Å². The molecule has 5 atom stereocenters. The van der Waals surface area contributed by atoms with Crippen molar-refractivity contribution in [2.24, 2.45) is 23.7 Å². The summed E-state index contributed by atoms with van der Waals surface area (Å²) in [5, 5.41) is 15.7. The third-order valence-corrected chi connectivity index (χ3v) is 8.44. The van der Waals surface area contributed by atoms with Gasteiger partial charge in [-0.3, -0.25) is 15.4 Å². The van der Waals surface area contributed by atoms with E-state index in [0.29, 0.717) is 12.8 Å². The quantitative estimate of drug-likeness (QED) is 0.158. The van der Waals surface area contributed by atoms with Crippen LogP contribution in [0, 0.1) is 23.7 Å². The number of fused-ring (bicyclic) bond motifs is 3. The third-order valence-electron chi connectivity index (χ3n) is 7.15. The summed E-state index contributed by atoms with van der Waals surface area (Å²) in [6, 6.07) is 0. The van der Waals surface area contributed by atoms with Gasteiger partial charge in [0.25, 0.3) is 5.60 Å². The molecule has 0 amide bonds. The molecule has 4 fully saturated rings. The van der Waals surface area contributed by atoms with Crippen LogP contribution in [0.15, 0.2) is 0 Å². The van der Waals surface area contributed by atoms with E-state index in [0.717, 1.165) is 0 Å². The Labute approximate surface area is 176 Å². The number of rotatable bonds is 6. The summed E-state index contributed by atoms with van der Waals surface area (Å²) in [6.45, 7) is 1.67. The van der Waals surface area contributed by atoms with E-state index in [-0.39, 0.29) is 31.0 Å². The molecule has 4 rings (SSSR count). The van der Waals surface area contributed by atoms with E-state index >= 15 is 0 Å². The van der Waals surface area contributed by atoms with Crippen LogP contribution >= 0.6 is 22.6 Å². The minimum atomic E-state index is -5.80. The molecule has 12 heteroatoms. The van der Waals surface area contributed by atoms with Crippen molar-refractivity contribution in [3.8, 4) is 0 Å². The molecule has 0 spiro atoms. The van der Waals surface area contributed by atoms with Crippen LogP contribution in [0.5, 0.6) is 0 Å². The molecule has 0 aromatic rings. The molecular weight excluding hydrogens is 521 g/mol. The zero-order valence-electron chi connectivity index (χ0n) is 15.3. The summed E-state index contributed by atoms with van der Waals surface area (Å²) in [7, 11) is 0. The van der Waals surface area contributed by atoms with Crippen LogP contribution in [0.4, 0.5) is 26.3 Å². The lowest BCUT2D eigenvalue weighted by molar-refractivity contribution is -0.373. The first-order valence-corrected chi connectivity index (χ1v) is 10.5. The van der Waals surface area contributed by atoms with E-state index in [4.69, 9.17) is 4.74 Å². The van der Waals surface area contributed by atoms with Gasteiger partial charge in [0.15, 0.2) is 3.42 Å². The number of halogens is 7. The number of ether oxygens (including phenoxy) is 1. The number of nitrogens with one attached hydrogen (secondary N) is 2. The summed E-state index contributed by atoms with van der Waals surface area (Å²) in [6.07, 6.45) is -11.6. The lowest BCUT2D eigenvalue weighted by Crippen LogP contribution is -2.58. The summed E-state index contributed by atoms with van der Waals surface area (Å²) < 4.78 is 82.8. The number of esters is 1. The lowest BCUT2D eigenvalue weighted by atomic mass is 9.75. The van der Waals surface area contributed by atoms with Crippen molar-refractivity contribution in [2.75, 3.05) is 6.61 Å². The molecule has 2 saturated carbocycles. The van der Waals surface area contributed by atoms with E-state index in [1.54, 1.807) is 6.92 Å². The molecular formula is C17H21F6IN2O3. The number of aliphatic hydroxyl groups is 1. The third kappa shape index (κ3) is 3.27. The van der Waals surface area contributed by atoms with E-state index < -0.39 is 51.3 Å². The molecule has 2 saturated heterocycles. The van der Waals surface area contributed by atoms with Gasteiger partial charge in [-0.2, -0.15) is 26.3 Å². The van der Waals surface area contributed by atoms with Crippen molar-refractivity contribution in [1.82, 2.24) is 10.6 Å². The van der Waals surface area contributed by atoms with Gasteiger partial charge in [-0.05, 0) is 56.3 Å². The molecule has 2 heterocycles. The number of carbonyl (C=O) groups is 1. The zero-order chi connectivity index (χ0) is 21.6. The largest absolute Gasteiger partial charge is 0.464 e. The highest BCUT2D eigenvalue weighted by Gasteiger charge is 2.80. The van der Waals surface area contributed by atoms with E-state index in [9.17, 15) is 36.2 Å². The van der Waals surface area contributed by atoms with Crippen molar-refractivity contribution in [3.05, 3.63) is 0 Å². The Balaban J connectivity index is 1.39. The second kappa shape index (κ2) is 6.35. The SMILES string of the molecule is CC(I)(C(=O)OCC1CC2CC(CC(O)(C(F)(F)F)C(F)(F)F)C1C2)C12NC1N2. The fourth-order valence-electron chi connectivity index (χ4n) is 5.24. The van der Waals surface area contributed by atoms with Gasteiger partial charge in [0.2, 0.25) is 0 Å². The predicted octanol–water partition coefficient (Wildman–Crippen LogP) is 2.86. The average molecular weight is 542 g/mol. The Morgan fingerprint density at radius 3 is 2.07 bits per heavy atom. The molecule has 3 N–H and O–H groups in total. The van der Waals surface area contributed by atoms with E-state index in [2.05, 4.69) is 10.6 Å². The van der Waals surface area contributed by atoms with Gasteiger partial charge in [-0.25, -0.2) is 0 Å². The van der Waals surface area contributed by atoms with Crippen LogP contribution in [-0.2, 0) is 9.53 Å². The first-order chi connectivity index (χ1) is 13.1. The van der Waals surface area contributed by atoms with Gasteiger partial charge < -0.3 is 9.84 Å². The summed E-state index contributed by atoms with van der Waals surface area (Å²) in [5.74, 6) is -2.14. The van der Waals surface area contributed by atoms with Crippen LogP contribution in [0.3, 0.4) is 0 Å². The Hall–Kier alpha value is -0.340. The van der Waals surface area contributed by atoms with Crippen molar-refractivity contribution in [2.45, 2.75) is 65.8 Å². The molecule has 166 valence electrons. The molecule has 4 aliphatic rings. The van der Waals surface area contributed by atoms with Crippen LogP contribution in [0.2, 0.25) is 0 Å². The second-order valence-corrected chi connectivity index (χ2v) is 11.1. The highest BCUT2D eigenvalue weighted by molar-refractivity contribution is 14.1. The van der Waals surface area contributed by atoms with Gasteiger partial charge in [0.05, 0.1) is 12.8 Å². The fraction of sp³-hybridized carbons (Fsp3) is 0.941. The average Bonchev–Trinajstić information content (AvgIpc) is 3.36. The maximum Gasteiger partial charge on any atom is 0.426 e. The smallest absolute Gasteiger partial charge is 0.426 e. The van der Waals surface area contributed by atoms with Gasteiger partial charge in [-0.15, -0.1) is 0 Å². The Morgan fingerprint density at radius 1 is 1.10 bits per heavy atom.